The van der Waals surface area contributed by atoms with Gasteiger partial charge in [-0.05, 0) is 55.8 Å². The number of rotatable bonds is 4. The highest BCUT2D eigenvalue weighted by Crippen LogP contribution is 2.23. The minimum absolute atomic E-state index is 0.244. The van der Waals surface area contributed by atoms with Crippen molar-refractivity contribution in [1.82, 2.24) is 0 Å². The Morgan fingerprint density at radius 3 is 2.52 bits per heavy atom. The van der Waals surface area contributed by atoms with Crippen LogP contribution in [0.2, 0.25) is 10.0 Å². The molecule has 5 heteroatoms. The van der Waals surface area contributed by atoms with Crippen LogP contribution in [0.25, 0.3) is 0 Å². The number of benzene rings is 2. The first-order valence-corrected chi connectivity index (χ1v) is 7.20. The largest absolute Gasteiger partial charge is 0.481 e. The van der Waals surface area contributed by atoms with Crippen molar-refractivity contribution in [1.29, 1.82) is 0 Å². The third-order valence-corrected chi connectivity index (χ3v) is 3.37. The smallest absolute Gasteiger partial charge is 0.265 e. The molecule has 0 bridgehead atoms. The second kappa shape index (κ2) is 6.83. The summed E-state index contributed by atoms with van der Waals surface area (Å²) in [6.45, 7) is 3.57. The third kappa shape index (κ3) is 4.38. The van der Waals surface area contributed by atoms with Gasteiger partial charge in [-0.2, -0.15) is 0 Å². The molecular weight excluding hydrogens is 309 g/mol. The zero-order valence-electron chi connectivity index (χ0n) is 11.7. The number of ether oxygens (including phenoxy) is 1. The van der Waals surface area contributed by atoms with Crippen molar-refractivity contribution >= 4 is 34.8 Å². The Morgan fingerprint density at radius 1 is 1.14 bits per heavy atom. The summed E-state index contributed by atoms with van der Waals surface area (Å²) in [7, 11) is 0. The van der Waals surface area contributed by atoms with Crippen molar-refractivity contribution < 1.29 is 9.53 Å². The van der Waals surface area contributed by atoms with Gasteiger partial charge < -0.3 is 10.1 Å². The predicted octanol–water partition coefficient (Wildman–Crippen LogP) is 4.71. The normalized spacial score (nSPS) is 11.8. The van der Waals surface area contributed by atoms with Crippen LogP contribution >= 0.6 is 23.2 Å². The number of halogens is 2. The zero-order valence-corrected chi connectivity index (χ0v) is 13.2. The molecule has 0 saturated heterocycles. The monoisotopic (exact) mass is 323 g/mol. The van der Waals surface area contributed by atoms with Crippen LogP contribution in [-0.4, -0.2) is 12.0 Å². The van der Waals surface area contributed by atoms with Crippen LogP contribution in [0, 0.1) is 6.92 Å². The summed E-state index contributed by atoms with van der Waals surface area (Å²) in [6.07, 6.45) is -0.635. The summed E-state index contributed by atoms with van der Waals surface area (Å²) < 4.78 is 5.66. The number of hydrogen-bond acceptors (Lipinski definition) is 2. The molecule has 0 spiro atoms. The molecule has 110 valence electrons. The molecule has 1 N–H and O–H groups in total. The number of anilines is 1. The number of amides is 1. The summed E-state index contributed by atoms with van der Waals surface area (Å²) in [5.41, 5.74) is 1.51. The highest BCUT2D eigenvalue weighted by molar-refractivity contribution is 6.31. The molecule has 0 unspecified atom stereocenters. The fourth-order valence-corrected chi connectivity index (χ4v) is 2.22. The number of carbonyl (C=O) groups excluding carboxylic acids is 1. The lowest BCUT2D eigenvalue weighted by Crippen LogP contribution is -2.30. The Morgan fingerprint density at radius 2 is 1.86 bits per heavy atom. The molecule has 0 heterocycles. The van der Waals surface area contributed by atoms with Crippen molar-refractivity contribution in [2.24, 2.45) is 0 Å². The maximum atomic E-state index is 12.1. The lowest BCUT2D eigenvalue weighted by Gasteiger charge is -2.16. The van der Waals surface area contributed by atoms with E-state index in [0.29, 0.717) is 21.5 Å². The predicted molar refractivity (Wildman–Crippen MR) is 86.4 cm³/mol. The van der Waals surface area contributed by atoms with E-state index in [9.17, 15) is 4.79 Å². The quantitative estimate of drug-likeness (QED) is 0.885. The third-order valence-electron chi connectivity index (χ3n) is 2.90. The average Bonchev–Trinajstić information content (AvgIpc) is 2.41. The van der Waals surface area contributed by atoms with Crippen molar-refractivity contribution in [2.45, 2.75) is 20.0 Å². The maximum Gasteiger partial charge on any atom is 0.265 e. The first-order chi connectivity index (χ1) is 9.95. The molecule has 0 fully saturated rings. The number of hydrogen-bond donors (Lipinski definition) is 1. The van der Waals surface area contributed by atoms with Crippen LogP contribution < -0.4 is 10.1 Å². The van der Waals surface area contributed by atoms with Gasteiger partial charge in [0.05, 0.1) is 0 Å². The Hall–Kier alpha value is -1.71. The van der Waals surface area contributed by atoms with Gasteiger partial charge in [0.2, 0.25) is 0 Å². The molecule has 0 aromatic heterocycles. The van der Waals surface area contributed by atoms with E-state index in [0.717, 1.165) is 5.56 Å². The van der Waals surface area contributed by atoms with Crippen LogP contribution in [0.5, 0.6) is 5.75 Å². The minimum Gasteiger partial charge on any atom is -0.481 e. The highest BCUT2D eigenvalue weighted by Gasteiger charge is 2.16. The molecule has 1 amide bonds. The van der Waals surface area contributed by atoms with E-state index in [-0.39, 0.29) is 5.91 Å². The first kappa shape index (κ1) is 15.7. The Bertz CT molecular complexity index is 658. The second-order valence-corrected chi connectivity index (χ2v) is 5.54. The SMILES string of the molecule is Cc1cc(Cl)ccc1O[C@@H](C)C(=O)Nc1cccc(Cl)c1. The molecule has 0 radical (unpaired) electrons. The molecule has 0 aliphatic heterocycles. The van der Waals surface area contributed by atoms with Crippen LogP contribution in [0.3, 0.4) is 0 Å². The van der Waals surface area contributed by atoms with E-state index >= 15 is 0 Å². The maximum absolute atomic E-state index is 12.1. The van der Waals surface area contributed by atoms with E-state index in [4.69, 9.17) is 27.9 Å². The Kier molecular flexibility index (Phi) is 5.10. The molecule has 0 aliphatic carbocycles. The van der Waals surface area contributed by atoms with E-state index < -0.39 is 6.10 Å². The number of carbonyl (C=O) groups is 1. The minimum atomic E-state index is -0.635. The van der Waals surface area contributed by atoms with Crippen molar-refractivity contribution in [3.05, 3.63) is 58.1 Å². The standard InChI is InChI=1S/C16H15Cl2NO2/c1-10-8-13(18)6-7-15(10)21-11(2)16(20)19-14-5-3-4-12(17)9-14/h3-9,11H,1-2H3,(H,19,20)/t11-/m0/s1. The van der Waals surface area contributed by atoms with Crippen molar-refractivity contribution in [3.8, 4) is 5.75 Å². The average molecular weight is 324 g/mol. The van der Waals surface area contributed by atoms with E-state index in [1.54, 1.807) is 49.4 Å². The van der Waals surface area contributed by atoms with Gasteiger partial charge in [0, 0.05) is 15.7 Å². The fraction of sp³-hybridized carbons (Fsp3) is 0.188. The zero-order chi connectivity index (χ0) is 15.4. The van der Waals surface area contributed by atoms with Gasteiger partial charge in [0.15, 0.2) is 6.10 Å². The molecule has 0 saturated carbocycles. The Labute approximate surface area is 133 Å². The molecule has 0 aliphatic rings. The highest BCUT2D eigenvalue weighted by atomic mass is 35.5. The van der Waals surface area contributed by atoms with Gasteiger partial charge in [-0.3, -0.25) is 4.79 Å². The van der Waals surface area contributed by atoms with Crippen LogP contribution in [0.4, 0.5) is 5.69 Å². The molecule has 2 aromatic rings. The van der Waals surface area contributed by atoms with Gasteiger partial charge in [-0.1, -0.05) is 29.3 Å². The van der Waals surface area contributed by atoms with Crippen LogP contribution in [0.1, 0.15) is 12.5 Å². The topological polar surface area (TPSA) is 38.3 Å². The first-order valence-electron chi connectivity index (χ1n) is 6.45. The van der Waals surface area contributed by atoms with E-state index in [2.05, 4.69) is 5.32 Å². The van der Waals surface area contributed by atoms with Crippen molar-refractivity contribution in [2.75, 3.05) is 5.32 Å². The van der Waals surface area contributed by atoms with Gasteiger partial charge in [-0.25, -0.2) is 0 Å². The summed E-state index contributed by atoms with van der Waals surface area (Å²) in [4.78, 5) is 12.1. The van der Waals surface area contributed by atoms with Gasteiger partial charge in [0.25, 0.3) is 5.91 Å². The molecule has 3 nitrogen and oxygen atoms in total. The summed E-state index contributed by atoms with van der Waals surface area (Å²) in [5, 5.41) is 3.96. The van der Waals surface area contributed by atoms with Crippen molar-refractivity contribution in [3.63, 3.8) is 0 Å². The van der Waals surface area contributed by atoms with Crippen LogP contribution in [0.15, 0.2) is 42.5 Å². The summed E-state index contributed by atoms with van der Waals surface area (Å²) >= 11 is 11.8. The lowest BCUT2D eigenvalue weighted by atomic mass is 10.2. The van der Waals surface area contributed by atoms with Crippen LogP contribution in [-0.2, 0) is 4.79 Å². The lowest BCUT2D eigenvalue weighted by molar-refractivity contribution is -0.122. The molecule has 1 atom stereocenters. The number of nitrogens with one attached hydrogen (secondary N) is 1. The summed E-state index contributed by atoms with van der Waals surface area (Å²) in [5.74, 6) is 0.389. The summed E-state index contributed by atoms with van der Waals surface area (Å²) in [6, 6.07) is 12.2. The molecule has 2 rings (SSSR count). The van der Waals surface area contributed by atoms with E-state index in [1.807, 2.05) is 6.92 Å². The van der Waals surface area contributed by atoms with Gasteiger partial charge in [-0.15, -0.1) is 0 Å². The Balaban J connectivity index is 2.02. The van der Waals surface area contributed by atoms with Gasteiger partial charge in [0.1, 0.15) is 5.75 Å². The molecular formula is C16H15Cl2NO2. The molecule has 2 aromatic carbocycles. The van der Waals surface area contributed by atoms with E-state index in [1.165, 1.54) is 0 Å². The number of aryl methyl sites for hydroxylation is 1. The van der Waals surface area contributed by atoms with Gasteiger partial charge >= 0.3 is 0 Å². The second-order valence-electron chi connectivity index (χ2n) is 4.67. The molecule has 21 heavy (non-hydrogen) atoms. The fourth-order valence-electron chi connectivity index (χ4n) is 1.80.